The monoisotopic (exact) mass is 253 g/mol. The number of carbonyl (C=O) groups excluding carboxylic acids is 1. The van der Waals surface area contributed by atoms with Crippen molar-refractivity contribution in [3.8, 4) is 0 Å². The number of hydrogen-bond acceptors (Lipinski definition) is 3. The molecule has 2 aromatic rings. The molecular weight excluding hydrogens is 238 g/mol. The van der Waals surface area contributed by atoms with Gasteiger partial charge in [-0.3, -0.25) is 9.69 Å². The van der Waals surface area contributed by atoms with Gasteiger partial charge < -0.3 is 11.1 Å². The van der Waals surface area contributed by atoms with Gasteiger partial charge in [0.2, 0.25) is 0 Å². The van der Waals surface area contributed by atoms with Crippen molar-refractivity contribution in [1.29, 1.82) is 0 Å². The minimum absolute atomic E-state index is 0.0409. The van der Waals surface area contributed by atoms with E-state index in [2.05, 4.69) is 5.32 Å². The molecule has 96 valence electrons. The van der Waals surface area contributed by atoms with Crippen LogP contribution in [0.4, 0.5) is 17.1 Å². The van der Waals surface area contributed by atoms with Crippen LogP contribution in [-0.2, 0) is 11.3 Å². The van der Waals surface area contributed by atoms with E-state index in [9.17, 15) is 4.79 Å². The van der Waals surface area contributed by atoms with E-state index in [1.807, 2.05) is 48.5 Å². The zero-order chi connectivity index (χ0) is 13.2. The van der Waals surface area contributed by atoms with Gasteiger partial charge in [-0.2, -0.15) is 0 Å². The van der Waals surface area contributed by atoms with Crippen LogP contribution in [0.15, 0.2) is 48.5 Å². The molecule has 0 aromatic heterocycles. The summed E-state index contributed by atoms with van der Waals surface area (Å²) in [5.74, 6) is 0.0409. The third-order valence-corrected chi connectivity index (χ3v) is 3.25. The maximum atomic E-state index is 12.2. The highest BCUT2D eigenvalue weighted by molar-refractivity contribution is 6.08. The van der Waals surface area contributed by atoms with Crippen molar-refractivity contribution in [2.24, 2.45) is 5.73 Å². The fourth-order valence-electron chi connectivity index (χ4n) is 2.27. The maximum absolute atomic E-state index is 12.2. The molecule has 0 bridgehead atoms. The molecule has 3 N–H and O–H groups in total. The second-order valence-electron chi connectivity index (χ2n) is 4.47. The minimum atomic E-state index is 0.0409. The topological polar surface area (TPSA) is 58.4 Å². The van der Waals surface area contributed by atoms with Gasteiger partial charge in [0.25, 0.3) is 5.91 Å². The standard InChI is InChI=1S/C15H15N3O/c16-9-11-5-7-12(8-6-11)18-14-4-2-1-3-13(14)17-10-15(18)19/h1-8,17H,9-10,16H2. The van der Waals surface area contributed by atoms with E-state index >= 15 is 0 Å². The predicted molar refractivity (Wildman–Crippen MR) is 76.4 cm³/mol. The lowest BCUT2D eigenvalue weighted by molar-refractivity contribution is -0.116. The van der Waals surface area contributed by atoms with E-state index in [1.54, 1.807) is 4.90 Å². The van der Waals surface area contributed by atoms with Crippen molar-refractivity contribution in [3.63, 3.8) is 0 Å². The first kappa shape index (κ1) is 11.7. The van der Waals surface area contributed by atoms with Gasteiger partial charge in [-0.15, -0.1) is 0 Å². The van der Waals surface area contributed by atoms with E-state index < -0.39 is 0 Å². The van der Waals surface area contributed by atoms with Crippen molar-refractivity contribution in [2.75, 3.05) is 16.8 Å². The first-order valence-corrected chi connectivity index (χ1v) is 6.24. The molecule has 0 saturated carbocycles. The van der Waals surface area contributed by atoms with Crippen LogP contribution in [0.25, 0.3) is 0 Å². The molecule has 1 aliphatic heterocycles. The molecule has 19 heavy (non-hydrogen) atoms. The highest BCUT2D eigenvalue weighted by atomic mass is 16.2. The normalized spacial score (nSPS) is 13.9. The van der Waals surface area contributed by atoms with Gasteiger partial charge >= 0.3 is 0 Å². The fourth-order valence-corrected chi connectivity index (χ4v) is 2.27. The number of nitrogens with two attached hydrogens (primary N) is 1. The highest BCUT2D eigenvalue weighted by Crippen LogP contribution is 2.34. The molecule has 0 saturated heterocycles. The second-order valence-corrected chi connectivity index (χ2v) is 4.47. The smallest absolute Gasteiger partial charge is 0.250 e. The number of rotatable bonds is 2. The van der Waals surface area contributed by atoms with E-state index in [4.69, 9.17) is 5.73 Å². The Morgan fingerprint density at radius 2 is 1.84 bits per heavy atom. The quantitative estimate of drug-likeness (QED) is 0.863. The van der Waals surface area contributed by atoms with Gasteiger partial charge in [-0.25, -0.2) is 0 Å². The van der Waals surface area contributed by atoms with Crippen LogP contribution in [0.2, 0.25) is 0 Å². The first-order valence-electron chi connectivity index (χ1n) is 6.24. The number of carbonyl (C=O) groups is 1. The number of fused-ring (bicyclic) bond motifs is 1. The summed E-state index contributed by atoms with van der Waals surface area (Å²) in [5.41, 5.74) is 9.38. The average molecular weight is 253 g/mol. The van der Waals surface area contributed by atoms with E-state index in [0.717, 1.165) is 22.6 Å². The molecular formula is C15H15N3O. The van der Waals surface area contributed by atoms with Gasteiger partial charge in [0, 0.05) is 12.2 Å². The number of para-hydroxylation sites is 2. The summed E-state index contributed by atoms with van der Waals surface area (Å²) in [6.07, 6.45) is 0. The van der Waals surface area contributed by atoms with Gasteiger partial charge in [-0.1, -0.05) is 24.3 Å². The Balaban J connectivity index is 2.05. The Morgan fingerprint density at radius 3 is 2.58 bits per heavy atom. The average Bonchev–Trinajstić information content (AvgIpc) is 2.47. The highest BCUT2D eigenvalue weighted by Gasteiger charge is 2.24. The number of benzene rings is 2. The summed E-state index contributed by atoms with van der Waals surface area (Å²) in [4.78, 5) is 13.9. The fraction of sp³-hybridized carbons (Fsp3) is 0.133. The van der Waals surface area contributed by atoms with E-state index in [-0.39, 0.29) is 5.91 Å². The van der Waals surface area contributed by atoms with Crippen molar-refractivity contribution in [2.45, 2.75) is 6.54 Å². The van der Waals surface area contributed by atoms with Crippen LogP contribution >= 0.6 is 0 Å². The Morgan fingerprint density at radius 1 is 1.11 bits per heavy atom. The number of nitrogens with one attached hydrogen (secondary N) is 1. The van der Waals surface area contributed by atoms with Crippen LogP contribution in [0, 0.1) is 0 Å². The third kappa shape index (κ3) is 2.06. The zero-order valence-corrected chi connectivity index (χ0v) is 10.5. The minimum Gasteiger partial charge on any atom is -0.374 e. The van der Waals surface area contributed by atoms with Gasteiger partial charge in [0.15, 0.2) is 0 Å². The predicted octanol–water partition coefficient (Wildman–Crippen LogP) is 2.24. The Hall–Kier alpha value is -2.33. The molecule has 1 amide bonds. The summed E-state index contributed by atoms with van der Waals surface area (Å²) < 4.78 is 0. The molecule has 4 heteroatoms. The van der Waals surface area contributed by atoms with Gasteiger partial charge in [-0.05, 0) is 29.8 Å². The number of amides is 1. The maximum Gasteiger partial charge on any atom is 0.250 e. The van der Waals surface area contributed by atoms with Crippen LogP contribution < -0.4 is 16.0 Å². The van der Waals surface area contributed by atoms with E-state index in [1.165, 1.54) is 0 Å². The Labute approximate surface area is 111 Å². The van der Waals surface area contributed by atoms with Crippen molar-refractivity contribution in [3.05, 3.63) is 54.1 Å². The zero-order valence-electron chi connectivity index (χ0n) is 10.5. The largest absolute Gasteiger partial charge is 0.374 e. The SMILES string of the molecule is NCc1ccc(N2C(=O)CNc3ccccc32)cc1. The number of nitrogens with zero attached hydrogens (tertiary/aromatic N) is 1. The molecule has 0 fully saturated rings. The lowest BCUT2D eigenvalue weighted by Gasteiger charge is -2.30. The summed E-state index contributed by atoms with van der Waals surface area (Å²) in [5, 5.41) is 3.12. The Kier molecular flexibility index (Phi) is 2.93. The van der Waals surface area contributed by atoms with Crippen LogP contribution in [0.3, 0.4) is 0 Å². The van der Waals surface area contributed by atoms with Crippen molar-refractivity contribution in [1.82, 2.24) is 0 Å². The van der Waals surface area contributed by atoms with Crippen LogP contribution in [0.5, 0.6) is 0 Å². The second kappa shape index (κ2) is 4.74. The van der Waals surface area contributed by atoms with Crippen LogP contribution in [0.1, 0.15) is 5.56 Å². The molecule has 0 spiro atoms. The molecule has 1 aliphatic rings. The lowest BCUT2D eigenvalue weighted by Crippen LogP contribution is -2.36. The van der Waals surface area contributed by atoms with Crippen molar-refractivity contribution >= 4 is 23.0 Å². The number of anilines is 3. The molecule has 4 nitrogen and oxygen atoms in total. The number of hydrogen-bond donors (Lipinski definition) is 2. The summed E-state index contributed by atoms with van der Waals surface area (Å²) >= 11 is 0. The Bertz CT molecular complexity index is 607. The van der Waals surface area contributed by atoms with Gasteiger partial charge in [0.05, 0.1) is 17.9 Å². The third-order valence-electron chi connectivity index (χ3n) is 3.25. The van der Waals surface area contributed by atoms with Gasteiger partial charge in [0.1, 0.15) is 0 Å². The van der Waals surface area contributed by atoms with Crippen molar-refractivity contribution < 1.29 is 4.79 Å². The molecule has 0 aliphatic carbocycles. The molecule has 0 unspecified atom stereocenters. The molecule has 2 aromatic carbocycles. The molecule has 0 radical (unpaired) electrons. The summed E-state index contributed by atoms with van der Waals surface area (Å²) in [6, 6.07) is 15.6. The first-order chi connectivity index (χ1) is 9.29. The van der Waals surface area contributed by atoms with E-state index in [0.29, 0.717) is 13.1 Å². The molecule has 0 atom stereocenters. The summed E-state index contributed by atoms with van der Waals surface area (Å²) in [7, 11) is 0. The van der Waals surface area contributed by atoms with Crippen LogP contribution in [-0.4, -0.2) is 12.5 Å². The lowest BCUT2D eigenvalue weighted by atomic mass is 10.1. The molecule has 3 rings (SSSR count). The summed E-state index contributed by atoms with van der Waals surface area (Å²) in [6.45, 7) is 0.821. The molecule has 1 heterocycles.